The molecule has 9 nitrogen and oxygen atoms in total. The van der Waals surface area contributed by atoms with E-state index in [1.807, 2.05) is 42.5 Å². The lowest BCUT2D eigenvalue weighted by atomic mass is 9.83. The monoisotopic (exact) mass is 466 g/mol. The third-order valence-electron chi connectivity index (χ3n) is 5.79. The largest absolute Gasteiger partial charge is 0.394 e. The van der Waals surface area contributed by atoms with Gasteiger partial charge in [-0.05, 0) is 16.3 Å². The van der Waals surface area contributed by atoms with E-state index in [0.29, 0.717) is 5.56 Å². The number of fused-ring (bicyclic) bond motifs is 1. The highest BCUT2D eigenvalue weighted by molar-refractivity contribution is 8.03. The molecule has 4 rings (SSSR count). The average molecular weight is 467 g/mol. The fraction of sp³-hybridized carbons (Fsp3) is 0.304. The van der Waals surface area contributed by atoms with E-state index >= 15 is 0 Å². The van der Waals surface area contributed by atoms with Crippen molar-refractivity contribution in [3.8, 4) is 12.1 Å². The minimum Gasteiger partial charge on any atom is -0.394 e. The second kappa shape index (κ2) is 9.41. The van der Waals surface area contributed by atoms with Gasteiger partial charge in [0.05, 0.1) is 40.8 Å². The summed E-state index contributed by atoms with van der Waals surface area (Å²) in [5.74, 6) is -0.694. The van der Waals surface area contributed by atoms with Crippen LogP contribution in [0.3, 0.4) is 0 Å². The van der Waals surface area contributed by atoms with Gasteiger partial charge in [0.1, 0.15) is 35.7 Å². The van der Waals surface area contributed by atoms with Crippen molar-refractivity contribution < 1.29 is 25.2 Å². The van der Waals surface area contributed by atoms with E-state index in [9.17, 15) is 30.9 Å². The lowest BCUT2D eigenvalue weighted by Gasteiger charge is -2.40. The van der Waals surface area contributed by atoms with E-state index in [2.05, 4.69) is 17.5 Å². The summed E-state index contributed by atoms with van der Waals surface area (Å²) in [4.78, 5) is 0. The standard InChI is InChI=1S/C23H22N4O5S/c24-8-14-17(13-6-5-11-3-1-2-4-12(11)7-13)15(9-25)22(27-21(14)26)33-23-20(31)19(30)18(29)16(10-28)32-23/h1-7,16-20,23,27-31H,10,26H2/t16-,17?,18-,19+,20-,23+/m1/s1. The third-order valence-corrected chi connectivity index (χ3v) is 6.97. The molecule has 0 amide bonds. The molecule has 7 N–H and O–H groups in total. The quantitative estimate of drug-likeness (QED) is 0.372. The van der Waals surface area contributed by atoms with Crippen molar-refractivity contribution in [2.75, 3.05) is 6.61 Å². The van der Waals surface area contributed by atoms with Crippen molar-refractivity contribution in [2.45, 2.75) is 35.8 Å². The molecule has 170 valence electrons. The molecule has 2 heterocycles. The number of allylic oxidation sites excluding steroid dienone is 2. The number of hydrogen-bond acceptors (Lipinski definition) is 10. The van der Waals surface area contributed by atoms with Crippen LogP contribution in [0.5, 0.6) is 0 Å². The zero-order valence-electron chi connectivity index (χ0n) is 17.3. The van der Waals surface area contributed by atoms with Crippen LogP contribution in [0.2, 0.25) is 0 Å². The van der Waals surface area contributed by atoms with Gasteiger partial charge in [-0.1, -0.05) is 54.2 Å². The van der Waals surface area contributed by atoms with Gasteiger partial charge in [0.2, 0.25) is 0 Å². The number of benzene rings is 2. The molecule has 1 fully saturated rings. The number of ether oxygens (including phenoxy) is 1. The Kier molecular flexibility index (Phi) is 6.58. The lowest BCUT2D eigenvalue weighted by Crippen LogP contribution is -2.57. The molecule has 6 atom stereocenters. The number of rotatable bonds is 4. The number of aliphatic hydroxyl groups excluding tert-OH is 4. The van der Waals surface area contributed by atoms with Crippen LogP contribution in [0.15, 0.2) is 64.5 Å². The van der Waals surface area contributed by atoms with Crippen LogP contribution in [-0.2, 0) is 4.74 Å². The first-order chi connectivity index (χ1) is 15.9. The van der Waals surface area contributed by atoms with Gasteiger partial charge in [-0.25, -0.2) is 0 Å². The second-order valence-electron chi connectivity index (χ2n) is 7.77. The fourth-order valence-corrected chi connectivity index (χ4v) is 5.21. The number of nitrogens with zero attached hydrogens (tertiary/aromatic N) is 2. The molecule has 2 aromatic rings. The number of nitrogens with one attached hydrogen (secondary N) is 1. The minimum atomic E-state index is -1.55. The first kappa shape index (κ1) is 23.1. The zero-order chi connectivity index (χ0) is 23.7. The number of nitrogens with two attached hydrogens (primary N) is 1. The predicted molar refractivity (Wildman–Crippen MR) is 121 cm³/mol. The van der Waals surface area contributed by atoms with E-state index in [0.717, 1.165) is 22.5 Å². The van der Waals surface area contributed by atoms with Crippen LogP contribution in [0.4, 0.5) is 0 Å². The van der Waals surface area contributed by atoms with Crippen molar-refractivity contribution in [3.63, 3.8) is 0 Å². The van der Waals surface area contributed by atoms with Gasteiger partial charge in [0, 0.05) is 0 Å². The highest BCUT2D eigenvalue weighted by Gasteiger charge is 2.45. The van der Waals surface area contributed by atoms with Crippen molar-refractivity contribution in [3.05, 3.63) is 70.0 Å². The predicted octanol–water partition coefficient (Wildman–Crippen LogP) is 0.489. The SMILES string of the molecule is N#CC1=C(N)NC(S[C@@H]2O[C@H](CO)[C@@H](O)[C@H](O)[C@H]2O)=C(C#N)C1c1ccc2ccccc2c1. The Hall–Kier alpha value is -3.09. The first-order valence-electron chi connectivity index (χ1n) is 10.2. The Morgan fingerprint density at radius 2 is 1.67 bits per heavy atom. The number of aliphatic hydroxyl groups is 4. The number of nitriles is 2. The third kappa shape index (κ3) is 4.16. The van der Waals surface area contributed by atoms with Gasteiger partial charge in [-0.2, -0.15) is 10.5 Å². The van der Waals surface area contributed by atoms with Gasteiger partial charge >= 0.3 is 0 Å². The molecule has 2 aliphatic heterocycles. The summed E-state index contributed by atoms with van der Waals surface area (Å²) in [6.07, 6.45) is -5.63. The molecule has 0 aliphatic carbocycles. The van der Waals surface area contributed by atoms with Gasteiger partial charge in [-0.3, -0.25) is 0 Å². The summed E-state index contributed by atoms with van der Waals surface area (Å²) < 4.78 is 5.56. The summed E-state index contributed by atoms with van der Waals surface area (Å²) in [5, 5.41) is 64.8. The van der Waals surface area contributed by atoms with Crippen LogP contribution in [0.1, 0.15) is 11.5 Å². The van der Waals surface area contributed by atoms with E-state index in [4.69, 9.17) is 10.5 Å². The average Bonchev–Trinajstić information content (AvgIpc) is 2.83. The van der Waals surface area contributed by atoms with E-state index < -0.39 is 42.4 Å². The molecule has 1 unspecified atom stereocenters. The Balaban J connectivity index is 1.75. The van der Waals surface area contributed by atoms with Gasteiger partial charge in [0.25, 0.3) is 0 Å². The minimum absolute atomic E-state index is 0.0572. The molecule has 10 heteroatoms. The van der Waals surface area contributed by atoms with Crippen LogP contribution >= 0.6 is 11.8 Å². The van der Waals surface area contributed by atoms with Gasteiger partial charge in [-0.15, -0.1) is 0 Å². The van der Waals surface area contributed by atoms with Gasteiger partial charge < -0.3 is 36.2 Å². The maximum atomic E-state index is 10.4. The molecule has 1 saturated heterocycles. The van der Waals surface area contributed by atoms with Crippen molar-refractivity contribution in [1.29, 1.82) is 10.5 Å². The number of dihydropyridines is 1. The van der Waals surface area contributed by atoms with Crippen LogP contribution in [-0.4, -0.2) is 56.9 Å². The molecule has 33 heavy (non-hydrogen) atoms. The summed E-state index contributed by atoms with van der Waals surface area (Å²) in [5.41, 5.74) is 6.09. The summed E-state index contributed by atoms with van der Waals surface area (Å²) in [6, 6.07) is 17.5. The molecular weight excluding hydrogens is 444 g/mol. The fourth-order valence-electron chi connectivity index (χ4n) is 4.02. The topological polar surface area (TPSA) is 176 Å². The normalized spacial score (nSPS) is 30.0. The molecule has 0 aromatic heterocycles. The highest BCUT2D eigenvalue weighted by atomic mass is 32.2. The Morgan fingerprint density at radius 3 is 2.33 bits per heavy atom. The Labute approximate surface area is 194 Å². The summed E-state index contributed by atoms with van der Waals surface area (Å²) >= 11 is 0.893. The highest BCUT2D eigenvalue weighted by Crippen LogP contribution is 2.42. The Bertz CT molecular complexity index is 1220. The maximum Gasteiger partial charge on any atom is 0.138 e. The van der Waals surface area contributed by atoms with Crippen molar-refractivity contribution in [2.24, 2.45) is 5.73 Å². The molecule has 0 spiro atoms. The molecule has 0 radical (unpaired) electrons. The molecule has 0 bridgehead atoms. The summed E-state index contributed by atoms with van der Waals surface area (Å²) in [7, 11) is 0. The van der Waals surface area contributed by atoms with E-state index in [1.54, 1.807) is 0 Å². The van der Waals surface area contributed by atoms with Gasteiger partial charge in [0.15, 0.2) is 0 Å². The van der Waals surface area contributed by atoms with Crippen molar-refractivity contribution in [1.82, 2.24) is 5.32 Å². The smallest absolute Gasteiger partial charge is 0.138 e. The maximum absolute atomic E-state index is 10.4. The zero-order valence-corrected chi connectivity index (χ0v) is 18.1. The molecule has 0 saturated carbocycles. The molecule has 2 aliphatic rings. The summed E-state index contributed by atoms with van der Waals surface area (Å²) in [6.45, 7) is -0.570. The van der Waals surface area contributed by atoms with Crippen LogP contribution < -0.4 is 11.1 Å². The second-order valence-corrected chi connectivity index (χ2v) is 8.88. The number of hydrogen-bond donors (Lipinski definition) is 6. The van der Waals surface area contributed by atoms with Crippen molar-refractivity contribution >= 4 is 22.5 Å². The first-order valence-corrected chi connectivity index (χ1v) is 11.0. The van der Waals surface area contributed by atoms with E-state index in [1.165, 1.54) is 0 Å². The molecule has 2 aromatic carbocycles. The number of thioether (sulfide) groups is 1. The van der Waals surface area contributed by atoms with Crippen LogP contribution in [0, 0.1) is 22.7 Å². The van der Waals surface area contributed by atoms with Crippen LogP contribution in [0.25, 0.3) is 10.8 Å². The lowest BCUT2D eigenvalue weighted by molar-refractivity contribution is -0.205. The van der Waals surface area contributed by atoms with E-state index in [-0.39, 0.29) is 22.0 Å². The molecular formula is C23H22N4O5S. The Morgan fingerprint density at radius 1 is 0.970 bits per heavy atom.